The minimum absolute atomic E-state index is 0.0538. The number of alkyl halides is 3. The van der Waals surface area contributed by atoms with Crippen LogP contribution in [0.3, 0.4) is 0 Å². The second-order valence-electron chi connectivity index (χ2n) is 9.12. The quantitative estimate of drug-likeness (QED) is 0.534. The highest BCUT2D eigenvalue weighted by molar-refractivity contribution is 5.83. The van der Waals surface area contributed by atoms with Crippen molar-refractivity contribution in [2.45, 2.75) is 44.3 Å². The number of pyridine rings is 1. The van der Waals surface area contributed by atoms with Crippen LogP contribution in [0.15, 0.2) is 36.7 Å². The van der Waals surface area contributed by atoms with Gasteiger partial charge in [-0.25, -0.2) is 8.78 Å². The first kappa shape index (κ1) is 22.2. The number of hydrogen-bond donors (Lipinski definition) is 2. The van der Waals surface area contributed by atoms with Crippen LogP contribution in [-0.2, 0) is 6.42 Å². The van der Waals surface area contributed by atoms with Crippen LogP contribution in [0.1, 0.15) is 36.2 Å². The molecular formula is C24H29F3N6. The zero-order chi connectivity index (χ0) is 22.9. The van der Waals surface area contributed by atoms with Crippen LogP contribution in [-0.4, -0.2) is 76.3 Å². The van der Waals surface area contributed by atoms with Gasteiger partial charge in [-0.1, -0.05) is 6.07 Å². The summed E-state index contributed by atoms with van der Waals surface area (Å²) < 4.78 is 39.3. The largest absolute Gasteiger partial charge is 0.378 e. The fraction of sp³-hybridized carbons (Fsp3) is 0.500. The first-order valence-electron chi connectivity index (χ1n) is 11.5. The van der Waals surface area contributed by atoms with Crippen LogP contribution in [0.25, 0.3) is 10.9 Å². The fourth-order valence-corrected chi connectivity index (χ4v) is 5.21. The number of fused-ring (bicyclic) bond motifs is 3. The molecule has 2 atom stereocenters. The van der Waals surface area contributed by atoms with Crippen molar-refractivity contribution in [2.24, 2.45) is 0 Å². The van der Waals surface area contributed by atoms with Gasteiger partial charge in [0.05, 0.1) is 54.6 Å². The molecule has 33 heavy (non-hydrogen) atoms. The van der Waals surface area contributed by atoms with E-state index in [0.29, 0.717) is 18.9 Å². The van der Waals surface area contributed by atoms with E-state index in [2.05, 4.69) is 20.4 Å². The number of aromatic nitrogens is 3. The Kier molecular flexibility index (Phi) is 6.25. The van der Waals surface area contributed by atoms with E-state index >= 15 is 0 Å². The topological polar surface area (TPSA) is 60.1 Å². The van der Waals surface area contributed by atoms with Crippen LogP contribution >= 0.6 is 0 Å². The van der Waals surface area contributed by atoms with Gasteiger partial charge in [0.25, 0.3) is 6.43 Å². The summed E-state index contributed by atoms with van der Waals surface area (Å²) in [5.41, 5.74) is 4.78. The highest BCUT2D eigenvalue weighted by atomic mass is 19.3. The van der Waals surface area contributed by atoms with E-state index in [1.54, 1.807) is 6.20 Å². The monoisotopic (exact) mass is 458 g/mol. The number of nitrogens with zero attached hydrogens (tertiary/aromatic N) is 4. The summed E-state index contributed by atoms with van der Waals surface area (Å²) in [4.78, 5) is 8.79. The molecular weight excluding hydrogens is 429 g/mol. The predicted molar refractivity (Wildman–Crippen MR) is 122 cm³/mol. The summed E-state index contributed by atoms with van der Waals surface area (Å²) in [5.74, 6) is 0. The van der Waals surface area contributed by atoms with Gasteiger partial charge in [-0.3, -0.25) is 24.3 Å². The summed E-state index contributed by atoms with van der Waals surface area (Å²) >= 11 is 0. The molecule has 0 saturated carbocycles. The molecule has 6 nitrogen and oxygen atoms in total. The Morgan fingerprint density at radius 3 is 2.76 bits per heavy atom. The molecule has 4 heterocycles. The molecule has 0 amide bonds. The van der Waals surface area contributed by atoms with E-state index in [1.165, 1.54) is 0 Å². The Hall–Kier alpha value is -2.65. The number of aromatic amines is 1. The lowest BCUT2D eigenvalue weighted by Crippen LogP contribution is -2.54. The molecule has 2 aliphatic heterocycles. The third kappa shape index (κ3) is 4.44. The minimum atomic E-state index is -2.42. The van der Waals surface area contributed by atoms with Crippen LogP contribution in [0.4, 0.5) is 18.9 Å². The van der Waals surface area contributed by atoms with Gasteiger partial charge < -0.3 is 5.32 Å². The van der Waals surface area contributed by atoms with E-state index in [1.807, 2.05) is 42.3 Å². The van der Waals surface area contributed by atoms with Gasteiger partial charge in [0, 0.05) is 31.1 Å². The lowest BCUT2D eigenvalue weighted by Gasteiger charge is -2.42. The molecule has 0 spiro atoms. The Balaban J connectivity index is 1.39. The Morgan fingerprint density at radius 2 is 2.03 bits per heavy atom. The van der Waals surface area contributed by atoms with Gasteiger partial charge in [-0.2, -0.15) is 5.10 Å². The normalized spacial score (nSPS) is 22.0. The van der Waals surface area contributed by atoms with E-state index < -0.39 is 6.43 Å². The number of H-pyrrole nitrogens is 1. The van der Waals surface area contributed by atoms with Gasteiger partial charge in [-0.15, -0.1) is 0 Å². The molecule has 5 rings (SSSR count). The van der Waals surface area contributed by atoms with Crippen molar-refractivity contribution in [2.75, 3.05) is 38.2 Å². The van der Waals surface area contributed by atoms with Crippen molar-refractivity contribution < 1.29 is 13.2 Å². The molecule has 1 saturated heterocycles. The zero-order valence-corrected chi connectivity index (χ0v) is 18.6. The van der Waals surface area contributed by atoms with E-state index in [4.69, 9.17) is 4.98 Å². The second kappa shape index (κ2) is 9.30. The number of likely N-dealkylation sites (tertiary alicyclic amines) is 1. The number of halogens is 3. The van der Waals surface area contributed by atoms with Crippen molar-refractivity contribution in [3.63, 3.8) is 0 Å². The first-order valence-corrected chi connectivity index (χ1v) is 11.5. The molecule has 0 unspecified atom stereocenters. The average molecular weight is 459 g/mol. The van der Waals surface area contributed by atoms with Crippen molar-refractivity contribution in [1.29, 1.82) is 0 Å². The smallest absolute Gasteiger partial charge is 0.251 e. The molecule has 176 valence electrons. The maximum absolute atomic E-state index is 13.5. The Morgan fingerprint density at radius 1 is 1.18 bits per heavy atom. The first-order chi connectivity index (χ1) is 16.0. The summed E-state index contributed by atoms with van der Waals surface area (Å²) in [7, 11) is 0. The van der Waals surface area contributed by atoms with Crippen LogP contribution in [0.5, 0.6) is 0 Å². The highest BCUT2D eigenvalue weighted by Crippen LogP contribution is 2.40. The molecule has 0 bridgehead atoms. The summed E-state index contributed by atoms with van der Waals surface area (Å²) in [6.45, 7) is 3.98. The Labute approximate surface area is 191 Å². The van der Waals surface area contributed by atoms with Crippen molar-refractivity contribution in [1.82, 2.24) is 25.0 Å². The van der Waals surface area contributed by atoms with E-state index in [0.717, 1.165) is 53.0 Å². The summed E-state index contributed by atoms with van der Waals surface area (Å²) in [6.07, 6.45) is 2.45. The second-order valence-corrected chi connectivity index (χ2v) is 9.12. The maximum atomic E-state index is 13.5. The molecule has 1 fully saturated rings. The van der Waals surface area contributed by atoms with Gasteiger partial charge in [-0.05, 0) is 49.1 Å². The Bertz CT molecular complexity index is 1080. The third-order valence-electron chi connectivity index (χ3n) is 6.82. The number of hydrogen-bond acceptors (Lipinski definition) is 5. The third-order valence-corrected chi connectivity index (χ3v) is 6.82. The van der Waals surface area contributed by atoms with Crippen molar-refractivity contribution in [3.8, 4) is 0 Å². The van der Waals surface area contributed by atoms with Gasteiger partial charge >= 0.3 is 0 Å². The zero-order valence-electron chi connectivity index (χ0n) is 18.6. The maximum Gasteiger partial charge on any atom is 0.251 e. The van der Waals surface area contributed by atoms with Crippen LogP contribution in [0, 0.1) is 0 Å². The molecule has 0 radical (unpaired) electrons. The van der Waals surface area contributed by atoms with Crippen LogP contribution in [0.2, 0.25) is 0 Å². The molecule has 1 aromatic carbocycles. The molecule has 0 aliphatic carbocycles. The van der Waals surface area contributed by atoms with Crippen LogP contribution < -0.4 is 5.32 Å². The predicted octanol–water partition coefficient (Wildman–Crippen LogP) is 4.01. The van der Waals surface area contributed by atoms with Gasteiger partial charge in [0.2, 0.25) is 0 Å². The van der Waals surface area contributed by atoms with E-state index in [9.17, 15) is 13.2 Å². The molecule has 2 aliphatic rings. The summed E-state index contributed by atoms with van der Waals surface area (Å²) in [5, 5.41) is 11.7. The SMILES string of the molecule is C[C@@H]1Cc2c(ccc3[nH]ncc23)[C@@H](c2ccc(NC3CN(CCCF)C3)cn2)N1CC(F)F. The lowest BCUT2D eigenvalue weighted by atomic mass is 9.85. The molecule has 3 aromatic rings. The number of benzene rings is 1. The molecule has 2 aromatic heterocycles. The molecule has 2 N–H and O–H groups in total. The average Bonchev–Trinajstić information content (AvgIpc) is 3.25. The number of rotatable bonds is 8. The number of anilines is 1. The van der Waals surface area contributed by atoms with E-state index in [-0.39, 0.29) is 25.3 Å². The highest BCUT2D eigenvalue weighted by Gasteiger charge is 2.36. The van der Waals surface area contributed by atoms with Crippen molar-refractivity contribution in [3.05, 3.63) is 53.5 Å². The fourth-order valence-electron chi connectivity index (χ4n) is 5.21. The van der Waals surface area contributed by atoms with Crippen molar-refractivity contribution >= 4 is 16.6 Å². The number of nitrogens with one attached hydrogen (secondary N) is 2. The van der Waals surface area contributed by atoms with Gasteiger partial charge in [0.1, 0.15) is 0 Å². The molecule has 9 heteroatoms. The van der Waals surface area contributed by atoms with Gasteiger partial charge in [0.15, 0.2) is 0 Å². The minimum Gasteiger partial charge on any atom is -0.378 e. The standard InChI is InChI=1S/C24H29F3N6/c1-15-9-19-18(4-6-21-20(19)11-29-31-21)24(33(15)14-23(26)27)22-5-3-16(10-28-22)30-17-12-32(13-17)8-2-7-25/h3-6,10-11,15,17,23-24,30H,2,7-9,12-14H2,1H3,(H,29,31)/t15-,24+/m1/s1. The lowest BCUT2D eigenvalue weighted by molar-refractivity contribution is 0.0456. The summed E-state index contributed by atoms with van der Waals surface area (Å²) in [6, 6.07) is 7.81.